The molecule has 0 bridgehead atoms. The Labute approximate surface area is 121 Å². The number of hydrogen-bond acceptors (Lipinski definition) is 5. The van der Waals surface area contributed by atoms with Gasteiger partial charge in [-0.2, -0.15) is 0 Å². The number of carbonyl (C=O) groups excluding carboxylic acids is 1. The molecule has 6 nitrogen and oxygen atoms in total. The van der Waals surface area contributed by atoms with Gasteiger partial charge in [-0.05, 0) is 11.6 Å². The Hall–Kier alpha value is -2.89. The summed E-state index contributed by atoms with van der Waals surface area (Å²) in [6, 6.07) is 11.9. The minimum atomic E-state index is -0.610. The summed E-state index contributed by atoms with van der Waals surface area (Å²) in [6.45, 7) is 0.219. The van der Waals surface area contributed by atoms with Crippen molar-refractivity contribution in [2.45, 2.75) is 6.61 Å². The number of carbonyl (C=O) groups is 1. The summed E-state index contributed by atoms with van der Waals surface area (Å²) in [6.07, 6.45) is 0.530. The third-order valence-corrected chi connectivity index (χ3v) is 2.83. The Morgan fingerprint density at radius 3 is 2.52 bits per heavy atom. The van der Waals surface area contributed by atoms with Gasteiger partial charge in [-0.25, -0.2) is 0 Å². The molecule has 0 spiro atoms. The standard InChI is InChI=1S/C15H13NO5/c1-20-15-13(16(18)19)7-12(9-17)8-14(15)21-10-11-5-3-2-4-6-11/h2-9H,10H2,1H3. The van der Waals surface area contributed by atoms with Gasteiger partial charge in [-0.15, -0.1) is 0 Å². The molecule has 0 aliphatic heterocycles. The quantitative estimate of drug-likeness (QED) is 0.463. The summed E-state index contributed by atoms with van der Waals surface area (Å²) in [5.74, 6) is 0.166. The number of ether oxygens (including phenoxy) is 2. The number of hydrogen-bond donors (Lipinski definition) is 0. The van der Waals surface area contributed by atoms with Crippen LogP contribution in [0.25, 0.3) is 0 Å². The van der Waals surface area contributed by atoms with E-state index in [1.54, 1.807) is 0 Å². The van der Waals surface area contributed by atoms with Gasteiger partial charge in [0.25, 0.3) is 0 Å². The van der Waals surface area contributed by atoms with Gasteiger partial charge in [0, 0.05) is 11.6 Å². The second-order valence-corrected chi connectivity index (χ2v) is 4.22. The third kappa shape index (κ3) is 3.36. The zero-order valence-electron chi connectivity index (χ0n) is 11.3. The SMILES string of the molecule is COc1c(OCc2ccccc2)cc(C=O)cc1[N+](=O)[O-]. The van der Waals surface area contributed by atoms with Crippen LogP contribution in [0.5, 0.6) is 11.5 Å². The summed E-state index contributed by atoms with van der Waals surface area (Å²) >= 11 is 0. The molecular formula is C15H13NO5. The number of nitro benzene ring substituents is 1. The number of benzene rings is 2. The van der Waals surface area contributed by atoms with E-state index in [0.29, 0.717) is 6.29 Å². The summed E-state index contributed by atoms with van der Waals surface area (Å²) < 4.78 is 10.6. The average Bonchev–Trinajstić information content (AvgIpc) is 2.52. The normalized spacial score (nSPS) is 9.95. The minimum absolute atomic E-state index is 0.00142. The molecule has 2 aromatic rings. The molecule has 0 unspecified atom stereocenters. The highest BCUT2D eigenvalue weighted by Gasteiger charge is 2.21. The molecular weight excluding hydrogens is 274 g/mol. The van der Waals surface area contributed by atoms with Crippen molar-refractivity contribution in [3.63, 3.8) is 0 Å². The second-order valence-electron chi connectivity index (χ2n) is 4.22. The maximum atomic E-state index is 11.0. The van der Waals surface area contributed by atoms with E-state index in [1.807, 2.05) is 30.3 Å². The summed E-state index contributed by atoms with van der Waals surface area (Å²) in [5.41, 5.74) is 0.759. The molecule has 0 aliphatic carbocycles. The van der Waals surface area contributed by atoms with Crippen LogP contribution in [0.2, 0.25) is 0 Å². The highest BCUT2D eigenvalue weighted by Crippen LogP contribution is 2.38. The largest absolute Gasteiger partial charge is 0.488 e. The first-order valence-corrected chi connectivity index (χ1v) is 6.14. The molecule has 0 atom stereocenters. The van der Waals surface area contributed by atoms with E-state index in [9.17, 15) is 14.9 Å². The van der Waals surface area contributed by atoms with Crippen LogP contribution in [-0.2, 0) is 6.61 Å². The fraction of sp³-hybridized carbons (Fsp3) is 0.133. The fourth-order valence-corrected chi connectivity index (χ4v) is 1.86. The van der Waals surface area contributed by atoms with Crippen LogP contribution in [0.3, 0.4) is 0 Å². The van der Waals surface area contributed by atoms with E-state index in [0.717, 1.165) is 11.6 Å². The molecule has 2 aromatic carbocycles. The maximum absolute atomic E-state index is 11.0. The molecule has 2 rings (SSSR count). The highest BCUT2D eigenvalue weighted by molar-refractivity contribution is 5.79. The molecule has 108 valence electrons. The van der Waals surface area contributed by atoms with E-state index in [2.05, 4.69) is 0 Å². The Kier molecular flexibility index (Phi) is 4.50. The first-order valence-electron chi connectivity index (χ1n) is 6.14. The van der Waals surface area contributed by atoms with Crippen molar-refractivity contribution in [1.82, 2.24) is 0 Å². The van der Waals surface area contributed by atoms with Crippen LogP contribution in [0.1, 0.15) is 15.9 Å². The van der Waals surface area contributed by atoms with Gasteiger partial charge in [-0.1, -0.05) is 30.3 Å². The van der Waals surface area contributed by atoms with Gasteiger partial charge < -0.3 is 9.47 Å². The van der Waals surface area contributed by atoms with Crippen molar-refractivity contribution in [3.05, 3.63) is 63.7 Å². The van der Waals surface area contributed by atoms with Gasteiger partial charge in [0.1, 0.15) is 12.9 Å². The Morgan fingerprint density at radius 2 is 1.95 bits per heavy atom. The number of aldehydes is 1. The lowest BCUT2D eigenvalue weighted by molar-refractivity contribution is -0.385. The van der Waals surface area contributed by atoms with Gasteiger partial charge in [0.2, 0.25) is 5.75 Å². The Morgan fingerprint density at radius 1 is 1.24 bits per heavy atom. The monoisotopic (exact) mass is 287 g/mol. The van der Waals surface area contributed by atoms with E-state index in [1.165, 1.54) is 13.2 Å². The minimum Gasteiger partial charge on any atom is -0.488 e. The van der Waals surface area contributed by atoms with Crippen LogP contribution in [-0.4, -0.2) is 18.3 Å². The number of rotatable bonds is 6. The van der Waals surface area contributed by atoms with Gasteiger partial charge in [0.05, 0.1) is 12.0 Å². The smallest absolute Gasteiger partial charge is 0.315 e. The lowest BCUT2D eigenvalue weighted by Gasteiger charge is -2.11. The van der Waals surface area contributed by atoms with Crippen molar-refractivity contribution in [2.75, 3.05) is 7.11 Å². The molecule has 0 heterocycles. The summed E-state index contributed by atoms with van der Waals surface area (Å²) in [5, 5.41) is 11.0. The molecule has 21 heavy (non-hydrogen) atoms. The lowest BCUT2D eigenvalue weighted by Crippen LogP contribution is -2.01. The zero-order chi connectivity index (χ0) is 15.2. The van der Waals surface area contributed by atoms with Crippen LogP contribution in [0.15, 0.2) is 42.5 Å². The highest BCUT2D eigenvalue weighted by atomic mass is 16.6. The Balaban J connectivity index is 2.34. The van der Waals surface area contributed by atoms with Crippen LogP contribution < -0.4 is 9.47 Å². The summed E-state index contributed by atoms with van der Waals surface area (Å²) in [4.78, 5) is 21.3. The Bertz CT molecular complexity index is 655. The van der Waals surface area contributed by atoms with E-state index < -0.39 is 4.92 Å². The van der Waals surface area contributed by atoms with Crippen LogP contribution >= 0.6 is 0 Å². The van der Waals surface area contributed by atoms with Crippen molar-refractivity contribution in [2.24, 2.45) is 0 Å². The lowest BCUT2D eigenvalue weighted by atomic mass is 10.2. The van der Waals surface area contributed by atoms with Gasteiger partial charge >= 0.3 is 5.69 Å². The molecule has 0 fully saturated rings. The number of nitrogens with zero attached hydrogens (tertiary/aromatic N) is 1. The van der Waals surface area contributed by atoms with Crippen molar-refractivity contribution in [1.29, 1.82) is 0 Å². The second kappa shape index (κ2) is 6.51. The van der Waals surface area contributed by atoms with Crippen LogP contribution in [0.4, 0.5) is 5.69 Å². The zero-order valence-corrected chi connectivity index (χ0v) is 11.3. The molecule has 0 aliphatic rings. The van der Waals surface area contributed by atoms with E-state index >= 15 is 0 Å². The third-order valence-electron chi connectivity index (χ3n) is 2.83. The number of methoxy groups -OCH3 is 1. The van der Waals surface area contributed by atoms with E-state index in [-0.39, 0.29) is 29.4 Å². The molecule has 0 N–H and O–H groups in total. The topological polar surface area (TPSA) is 78.7 Å². The predicted molar refractivity (Wildman–Crippen MR) is 75.8 cm³/mol. The van der Waals surface area contributed by atoms with Crippen molar-refractivity contribution >= 4 is 12.0 Å². The molecule has 0 amide bonds. The first-order chi connectivity index (χ1) is 10.2. The van der Waals surface area contributed by atoms with E-state index in [4.69, 9.17) is 9.47 Å². The van der Waals surface area contributed by atoms with Crippen molar-refractivity contribution < 1.29 is 19.2 Å². The van der Waals surface area contributed by atoms with Crippen molar-refractivity contribution in [3.8, 4) is 11.5 Å². The van der Waals surface area contributed by atoms with Gasteiger partial charge in [-0.3, -0.25) is 14.9 Å². The number of nitro groups is 1. The predicted octanol–water partition coefficient (Wildman–Crippen LogP) is 2.99. The molecule has 0 saturated heterocycles. The first kappa shape index (κ1) is 14.5. The molecule has 0 aromatic heterocycles. The summed E-state index contributed by atoms with van der Waals surface area (Å²) in [7, 11) is 1.32. The maximum Gasteiger partial charge on any atom is 0.315 e. The molecule has 6 heteroatoms. The average molecular weight is 287 g/mol. The molecule has 0 radical (unpaired) electrons. The van der Waals surface area contributed by atoms with Gasteiger partial charge in [0.15, 0.2) is 5.75 Å². The fourth-order valence-electron chi connectivity index (χ4n) is 1.86. The van der Waals surface area contributed by atoms with Crippen LogP contribution in [0, 0.1) is 10.1 Å². The molecule has 0 saturated carbocycles.